The van der Waals surface area contributed by atoms with E-state index in [0.29, 0.717) is 18.4 Å². The van der Waals surface area contributed by atoms with Crippen LogP contribution < -0.4 is 14.3 Å². The number of thiazole rings is 1. The quantitative estimate of drug-likeness (QED) is 0.481. The van der Waals surface area contributed by atoms with Crippen molar-refractivity contribution in [2.24, 2.45) is 10.1 Å². The number of benzene rings is 1. The van der Waals surface area contributed by atoms with Crippen molar-refractivity contribution in [2.75, 3.05) is 13.7 Å². The van der Waals surface area contributed by atoms with Crippen molar-refractivity contribution < 1.29 is 13.9 Å². The molecule has 0 bridgehead atoms. The van der Waals surface area contributed by atoms with Gasteiger partial charge in [-0.05, 0) is 55.7 Å². The Labute approximate surface area is 180 Å². The molecule has 1 fully saturated rings. The molecule has 1 aliphatic carbocycles. The van der Waals surface area contributed by atoms with Crippen molar-refractivity contribution >= 4 is 17.6 Å². The van der Waals surface area contributed by atoms with Gasteiger partial charge in [0.05, 0.1) is 32.2 Å². The minimum atomic E-state index is 0.369. The van der Waals surface area contributed by atoms with Crippen LogP contribution in [-0.2, 0) is 0 Å². The highest BCUT2D eigenvalue weighted by molar-refractivity contribution is 7.07. The number of furan rings is 1. The van der Waals surface area contributed by atoms with Crippen LogP contribution in [0.15, 0.2) is 56.5 Å². The maximum absolute atomic E-state index is 5.63. The Hall–Kier alpha value is -2.80. The Morgan fingerprint density at radius 3 is 2.80 bits per heavy atom. The summed E-state index contributed by atoms with van der Waals surface area (Å²) in [5.41, 5.74) is 1.82. The second kappa shape index (κ2) is 9.80. The lowest BCUT2D eigenvalue weighted by atomic mass is 9.96. The third-order valence-corrected chi connectivity index (χ3v) is 5.97. The van der Waals surface area contributed by atoms with Gasteiger partial charge < -0.3 is 13.9 Å². The lowest BCUT2D eigenvalue weighted by Gasteiger charge is -2.16. The molecule has 0 spiro atoms. The maximum atomic E-state index is 5.63. The van der Waals surface area contributed by atoms with Gasteiger partial charge in [0, 0.05) is 5.38 Å². The molecule has 6 nitrogen and oxygen atoms in total. The van der Waals surface area contributed by atoms with Crippen molar-refractivity contribution in [2.45, 2.75) is 45.1 Å². The average molecular weight is 426 g/mol. The van der Waals surface area contributed by atoms with Gasteiger partial charge in [-0.25, -0.2) is 4.68 Å². The van der Waals surface area contributed by atoms with E-state index in [9.17, 15) is 0 Å². The first-order valence-electron chi connectivity index (χ1n) is 10.4. The number of rotatable bonds is 7. The Kier molecular flexibility index (Phi) is 6.69. The predicted molar refractivity (Wildman–Crippen MR) is 120 cm³/mol. The highest BCUT2D eigenvalue weighted by atomic mass is 32.1. The molecule has 0 amide bonds. The SMILES string of the molecule is CCOc1ccc(C=Nn2c(-c3ccco3)csc2=NC2CCCCC2)cc1OC. The van der Waals surface area contributed by atoms with Crippen molar-refractivity contribution in [3.05, 3.63) is 52.3 Å². The van der Waals surface area contributed by atoms with E-state index in [1.807, 2.05) is 48.1 Å². The fourth-order valence-electron chi connectivity index (χ4n) is 3.62. The van der Waals surface area contributed by atoms with Crippen LogP contribution >= 0.6 is 11.3 Å². The Morgan fingerprint density at radius 2 is 2.07 bits per heavy atom. The van der Waals surface area contributed by atoms with Crippen LogP contribution in [0.2, 0.25) is 0 Å². The van der Waals surface area contributed by atoms with E-state index in [0.717, 1.165) is 40.4 Å². The number of hydrogen-bond donors (Lipinski definition) is 0. The van der Waals surface area contributed by atoms with Gasteiger partial charge in [0.15, 0.2) is 17.3 Å². The largest absolute Gasteiger partial charge is 0.493 e. The van der Waals surface area contributed by atoms with Crippen LogP contribution in [0.25, 0.3) is 11.5 Å². The normalized spacial score (nSPS) is 15.7. The summed E-state index contributed by atoms with van der Waals surface area (Å²) >= 11 is 1.60. The minimum absolute atomic E-state index is 0.369. The van der Waals surface area contributed by atoms with E-state index in [1.165, 1.54) is 19.3 Å². The summed E-state index contributed by atoms with van der Waals surface area (Å²) in [4.78, 5) is 5.91. The van der Waals surface area contributed by atoms with Crippen molar-refractivity contribution in [3.63, 3.8) is 0 Å². The lowest BCUT2D eigenvalue weighted by Crippen LogP contribution is -2.18. The minimum Gasteiger partial charge on any atom is -0.493 e. The van der Waals surface area contributed by atoms with E-state index in [-0.39, 0.29) is 0 Å². The number of ether oxygens (including phenoxy) is 2. The van der Waals surface area contributed by atoms with Gasteiger partial charge in [0.1, 0.15) is 5.69 Å². The highest BCUT2D eigenvalue weighted by Crippen LogP contribution is 2.28. The molecule has 1 aromatic carbocycles. The van der Waals surface area contributed by atoms with Crippen molar-refractivity contribution in [3.8, 4) is 23.0 Å². The van der Waals surface area contributed by atoms with Gasteiger partial charge in [-0.3, -0.25) is 4.99 Å². The molecule has 0 unspecified atom stereocenters. The summed E-state index contributed by atoms with van der Waals surface area (Å²) in [5.74, 6) is 2.19. The third-order valence-electron chi connectivity index (χ3n) is 5.14. The van der Waals surface area contributed by atoms with E-state index in [2.05, 4.69) is 5.38 Å². The van der Waals surface area contributed by atoms with Gasteiger partial charge in [-0.1, -0.05) is 19.3 Å². The first-order chi connectivity index (χ1) is 14.8. The second-order valence-electron chi connectivity index (χ2n) is 7.20. The van der Waals surface area contributed by atoms with Gasteiger partial charge >= 0.3 is 0 Å². The molecule has 0 radical (unpaired) electrons. The molecule has 1 saturated carbocycles. The fraction of sp³-hybridized carbons (Fsp3) is 0.391. The summed E-state index contributed by atoms with van der Waals surface area (Å²) in [6.45, 7) is 2.54. The summed E-state index contributed by atoms with van der Waals surface area (Å²) in [5, 5.41) is 6.81. The summed E-state index contributed by atoms with van der Waals surface area (Å²) in [6, 6.07) is 9.99. The van der Waals surface area contributed by atoms with Crippen LogP contribution in [0.5, 0.6) is 11.5 Å². The molecule has 30 heavy (non-hydrogen) atoms. The van der Waals surface area contributed by atoms with Gasteiger partial charge in [-0.15, -0.1) is 11.3 Å². The maximum Gasteiger partial charge on any atom is 0.206 e. The summed E-state index contributed by atoms with van der Waals surface area (Å²) in [6.07, 6.45) is 9.60. The van der Waals surface area contributed by atoms with Crippen molar-refractivity contribution in [1.29, 1.82) is 0 Å². The van der Waals surface area contributed by atoms with Crippen LogP contribution in [0.1, 0.15) is 44.6 Å². The molecule has 0 atom stereocenters. The van der Waals surface area contributed by atoms with Gasteiger partial charge in [-0.2, -0.15) is 5.10 Å². The third kappa shape index (κ3) is 4.67. The molecule has 0 saturated heterocycles. The molecule has 1 aliphatic rings. The molecule has 2 heterocycles. The molecule has 4 rings (SSSR count). The average Bonchev–Trinajstić information content (AvgIpc) is 3.44. The fourth-order valence-corrected chi connectivity index (χ4v) is 4.51. The Morgan fingerprint density at radius 1 is 1.20 bits per heavy atom. The predicted octanol–water partition coefficient (Wildman–Crippen LogP) is 5.33. The first-order valence-corrected chi connectivity index (χ1v) is 11.3. The molecule has 2 aromatic heterocycles. The highest BCUT2D eigenvalue weighted by Gasteiger charge is 2.15. The Bertz CT molecular complexity index is 1040. The van der Waals surface area contributed by atoms with Crippen LogP contribution in [0.4, 0.5) is 0 Å². The standard InChI is InChI=1S/C23H27N3O3S/c1-3-28-21-12-11-17(14-22(21)27-2)15-24-26-19(20-10-7-13-29-20)16-30-23(26)25-18-8-5-4-6-9-18/h7,10-16,18H,3-6,8-9H2,1-2H3. The monoisotopic (exact) mass is 425 g/mol. The number of hydrogen-bond acceptors (Lipinski definition) is 6. The molecule has 7 heteroatoms. The summed E-state index contributed by atoms with van der Waals surface area (Å²) in [7, 11) is 1.64. The number of methoxy groups -OCH3 is 1. The van der Waals surface area contributed by atoms with Crippen molar-refractivity contribution in [1.82, 2.24) is 4.68 Å². The number of nitrogens with zero attached hydrogens (tertiary/aromatic N) is 3. The molecule has 0 aliphatic heterocycles. The molecule has 158 valence electrons. The lowest BCUT2D eigenvalue weighted by molar-refractivity contribution is 0.311. The smallest absolute Gasteiger partial charge is 0.206 e. The van der Waals surface area contributed by atoms with Crippen LogP contribution in [-0.4, -0.2) is 30.6 Å². The zero-order valence-electron chi connectivity index (χ0n) is 17.4. The van der Waals surface area contributed by atoms with E-state index in [4.69, 9.17) is 24.0 Å². The molecule has 3 aromatic rings. The second-order valence-corrected chi connectivity index (χ2v) is 8.04. The van der Waals surface area contributed by atoms with Gasteiger partial charge in [0.2, 0.25) is 4.80 Å². The zero-order valence-corrected chi connectivity index (χ0v) is 18.2. The van der Waals surface area contributed by atoms with E-state index >= 15 is 0 Å². The molecular formula is C23H27N3O3S. The molecular weight excluding hydrogens is 398 g/mol. The summed E-state index contributed by atoms with van der Waals surface area (Å²) < 4.78 is 18.6. The number of aromatic nitrogens is 1. The van der Waals surface area contributed by atoms with Crippen LogP contribution in [0, 0.1) is 0 Å². The van der Waals surface area contributed by atoms with Gasteiger partial charge in [0.25, 0.3) is 0 Å². The van der Waals surface area contributed by atoms with E-state index < -0.39 is 0 Å². The Balaban J connectivity index is 1.70. The zero-order chi connectivity index (χ0) is 20.8. The van der Waals surface area contributed by atoms with E-state index in [1.54, 1.807) is 24.7 Å². The van der Waals surface area contributed by atoms with Crippen LogP contribution in [0.3, 0.4) is 0 Å². The first kappa shape index (κ1) is 20.5. The molecule has 0 N–H and O–H groups in total. The topological polar surface area (TPSA) is 61.2 Å².